The number of nitrogens with two attached hydrogens (primary N) is 1. The van der Waals surface area contributed by atoms with Crippen LogP contribution in [0.5, 0.6) is 0 Å². The number of carboxylic acids is 1. The predicted octanol–water partition coefficient (Wildman–Crippen LogP) is -1.76. The molecule has 0 aliphatic heterocycles. The van der Waals surface area contributed by atoms with Crippen LogP contribution >= 0.6 is 0 Å². The van der Waals surface area contributed by atoms with Gasteiger partial charge in [0.1, 0.15) is 6.54 Å². The third-order valence-electron chi connectivity index (χ3n) is 1.92. The third kappa shape index (κ3) is 17.1. The molecule has 12 nitrogen and oxygen atoms in total. The van der Waals surface area contributed by atoms with Crippen molar-refractivity contribution < 1.29 is 37.5 Å². The van der Waals surface area contributed by atoms with Gasteiger partial charge in [0.15, 0.2) is 0 Å². The third-order valence-corrected chi connectivity index (χ3v) is 1.92. The van der Waals surface area contributed by atoms with Crippen LogP contribution in [0.25, 0.3) is 10.4 Å². The summed E-state index contributed by atoms with van der Waals surface area (Å²) in [6.45, 7) is -0.210. The summed E-state index contributed by atoms with van der Waals surface area (Å²) in [5, 5.41) is 17.4. The number of rotatable bonds is 8. The van der Waals surface area contributed by atoms with E-state index in [1.807, 2.05) is 0 Å². The molecule has 0 radical (unpaired) electrons. The van der Waals surface area contributed by atoms with E-state index in [4.69, 9.17) is 21.2 Å². The predicted molar refractivity (Wildman–Crippen MR) is 75.8 cm³/mol. The molecule has 25 heavy (non-hydrogen) atoms. The van der Waals surface area contributed by atoms with Gasteiger partial charge >= 0.3 is 12.1 Å². The zero-order valence-electron chi connectivity index (χ0n) is 12.7. The van der Waals surface area contributed by atoms with E-state index in [2.05, 4.69) is 26.0 Å². The van der Waals surface area contributed by atoms with Crippen LogP contribution in [0, 0.1) is 0 Å². The van der Waals surface area contributed by atoms with Gasteiger partial charge in [0.2, 0.25) is 17.7 Å². The molecule has 0 atom stereocenters. The van der Waals surface area contributed by atoms with E-state index in [1.165, 1.54) is 0 Å². The van der Waals surface area contributed by atoms with Crippen LogP contribution in [0.1, 0.15) is 0 Å². The molecule has 0 saturated heterocycles. The molecule has 15 heteroatoms. The van der Waals surface area contributed by atoms with Crippen molar-refractivity contribution in [2.75, 3.05) is 32.7 Å². The summed E-state index contributed by atoms with van der Waals surface area (Å²) < 4.78 is 31.7. The number of carboxylic acid groups (broad SMARTS) is 1. The van der Waals surface area contributed by atoms with Crippen LogP contribution < -0.4 is 21.7 Å². The van der Waals surface area contributed by atoms with Crippen LogP contribution in [0.15, 0.2) is 5.11 Å². The van der Waals surface area contributed by atoms with E-state index in [0.717, 1.165) is 0 Å². The van der Waals surface area contributed by atoms with Gasteiger partial charge < -0.3 is 26.8 Å². The van der Waals surface area contributed by atoms with Crippen molar-refractivity contribution in [3.05, 3.63) is 10.4 Å². The van der Waals surface area contributed by atoms with E-state index in [0.29, 0.717) is 0 Å². The number of hydrogen-bond acceptors (Lipinski definition) is 6. The molecular formula is C10H16F3N7O5. The van der Waals surface area contributed by atoms with Gasteiger partial charge in [0, 0.05) is 18.0 Å². The molecule has 0 rings (SSSR count). The smallest absolute Gasteiger partial charge is 0.475 e. The van der Waals surface area contributed by atoms with Crippen molar-refractivity contribution in [3.63, 3.8) is 0 Å². The van der Waals surface area contributed by atoms with Crippen molar-refractivity contribution >= 4 is 23.7 Å². The quantitative estimate of drug-likeness (QED) is 0.145. The molecule has 0 aromatic rings. The van der Waals surface area contributed by atoms with Gasteiger partial charge in [0.25, 0.3) is 0 Å². The highest BCUT2D eigenvalue weighted by Crippen LogP contribution is 2.13. The summed E-state index contributed by atoms with van der Waals surface area (Å²) in [5.74, 6) is -4.00. The number of alkyl halides is 3. The lowest BCUT2D eigenvalue weighted by atomic mass is 10.5. The minimum absolute atomic E-state index is 0.164. The summed E-state index contributed by atoms with van der Waals surface area (Å²) in [4.78, 5) is 44.1. The molecule has 6 N–H and O–H groups in total. The van der Waals surface area contributed by atoms with Crippen LogP contribution in [-0.2, 0) is 19.2 Å². The number of halogens is 3. The molecule has 142 valence electrons. The van der Waals surface area contributed by atoms with E-state index in [9.17, 15) is 27.6 Å². The van der Waals surface area contributed by atoms with Gasteiger partial charge in [-0.2, -0.15) is 13.2 Å². The molecule has 0 aliphatic carbocycles. The molecule has 0 heterocycles. The zero-order chi connectivity index (χ0) is 19.9. The van der Waals surface area contributed by atoms with E-state index in [-0.39, 0.29) is 38.6 Å². The first-order valence-corrected chi connectivity index (χ1v) is 6.35. The number of nitrogens with one attached hydrogen (secondary N) is 3. The SMILES string of the molecule is O=C(O)C(F)(F)F.[N-]=[N+]=NCC(=O)NCCNC(=O)CNC(=O)CN. The number of amides is 3. The van der Waals surface area contributed by atoms with Crippen molar-refractivity contribution in [1.82, 2.24) is 16.0 Å². The van der Waals surface area contributed by atoms with E-state index in [1.54, 1.807) is 0 Å². The molecule has 0 bridgehead atoms. The summed E-state index contributed by atoms with van der Waals surface area (Å²) in [7, 11) is 0. The van der Waals surface area contributed by atoms with Gasteiger partial charge in [-0.15, -0.1) is 0 Å². The molecule has 0 fully saturated rings. The molecule has 0 aliphatic rings. The Bertz CT molecular complexity index is 520. The monoisotopic (exact) mass is 371 g/mol. The highest BCUT2D eigenvalue weighted by Gasteiger charge is 2.38. The minimum Gasteiger partial charge on any atom is -0.475 e. The van der Waals surface area contributed by atoms with Crippen molar-refractivity contribution in [2.45, 2.75) is 6.18 Å². The van der Waals surface area contributed by atoms with Crippen LogP contribution in [0.3, 0.4) is 0 Å². The zero-order valence-corrected chi connectivity index (χ0v) is 12.7. The lowest BCUT2D eigenvalue weighted by molar-refractivity contribution is -0.192. The maximum absolute atomic E-state index is 11.1. The van der Waals surface area contributed by atoms with Gasteiger partial charge in [-0.05, 0) is 5.53 Å². The molecule has 0 aromatic heterocycles. The first-order valence-electron chi connectivity index (χ1n) is 6.35. The number of aliphatic carboxylic acids is 1. The number of azide groups is 1. The summed E-state index contributed by atoms with van der Waals surface area (Å²) in [5.41, 5.74) is 13.0. The molecule has 3 amide bonds. The lowest BCUT2D eigenvalue weighted by Crippen LogP contribution is -2.42. The fourth-order valence-electron chi connectivity index (χ4n) is 0.869. The van der Waals surface area contributed by atoms with E-state index >= 15 is 0 Å². The Morgan fingerprint density at radius 3 is 1.92 bits per heavy atom. The van der Waals surface area contributed by atoms with Crippen molar-refractivity contribution in [2.24, 2.45) is 10.8 Å². The molecule has 0 unspecified atom stereocenters. The summed E-state index contributed by atoms with van der Waals surface area (Å²) in [6, 6.07) is 0. The van der Waals surface area contributed by atoms with Crippen LogP contribution in [0.4, 0.5) is 13.2 Å². The Morgan fingerprint density at radius 1 is 1.04 bits per heavy atom. The Labute approximate surface area is 138 Å². The second-order valence-corrected chi connectivity index (χ2v) is 3.87. The van der Waals surface area contributed by atoms with Gasteiger partial charge in [-0.1, -0.05) is 5.11 Å². The average molecular weight is 371 g/mol. The number of carbonyl (C=O) groups excluding carboxylic acids is 3. The Balaban J connectivity index is 0. The topological polar surface area (TPSA) is 199 Å². The van der Waals surface area contributed by atoms with Gasteiger partial charge in [0.05, 0.1) is 13.1 Å². The van der Waals surface area contributed by atoms with Crippen LogP contribution in [-0.4, -0.2) is 67.7 Å². The Kier molecular flexibility index (Phi) is 13.0. The largest absolute Gasteiger partial charge is 0.490 e. The maximum atomic E-state index is 11.1. The van der Waals surface area contributed by atoms with Gasteiger partial charge in [-0.3, -0.25) is 14.4 Å². The normalized spacial score (nSPS) is 9.60. The molecular weight excluding hydrogens is 355 g/mol. The average Bonchev–Trinajstić information content (AvgIpc) is 2.54. The summed E-state index contributed by atoms with van der Waals surface area (Å²) >= 11 is 0. The molecule has 0 aromatic carbocycles. The molecule has 0 saturated carbocycles. The second kappa shape index (κ2) is 13.4. The van der Waals surface area contributed by atoms with Gasteiger partial charge in [-0.25, -0.2) is 4.79 Å². The second-order valence-electron chi connectivity index (χ2n) is 3.87. The first-order chi connectivity index (χ1) is 11.5. The summed E-state index contributed by atoms with van der Waals surface area (Å²) in [6.07, 6.45) is -5.08. The fourth-order valence-corrected chi connectivity index (χ4v) is 0.869. The first kappa shape index (κ1) is 24.2. The van der Waals surface area contributed by atoms with E-state index < -0.39 is 24.0 Å². The Morgan fingerprint density at radius 2 is 1.52 bits per heavy atom. The number of hydrogen-bond donors (Lipinski definition) is 5. The maximum Gasteiger partial charge on any atom is 0.490 e. The fraction of sp³-hybridized carbons (Fsp3) is 0.600. The number of carbonyl (C=O) groups is 4. The van der Waals surface area contributed by atoms with Crippen molar-refractivity contribution in [3.8, 4) is 0 Å². The molecule has 0 spiro atoms. The standard InChI is InChI=1S/C8H15N7O3.C2HF3O2/c9-3-6(16)13-4-7(17)11-1-2-12-8(18)5-14-15-10;3-2(4,5)1(6)7/h1-5,9H2,(H,11,17)(H,12,18)(H,13,16);(H,6,7). The highest BCUT2D eigenvalue weighted by molar-refractivity contribution is 5.85. The van der Waals surface area contributed by atoms with Crippen molar-refractivity contribution in [1.29, 1.82) is 0 Å². The highest BCUT2D eigenvalue weighted by atomic mass is 19.4. The van der Waals surface area contributed by atoms with Crippen LogP contribution in [0.2, 0.25) is 0 Å². The number of nitrogens with zero attached hydrogens (tertiary/aromatic N) is 3. The minimum atomic E-state index is -5.08. The Hall–Kier alpha value is -3.06. The lowest BCUT2D eigenvalue weighted by Gasteiger charge is -2.06.